The average molecular weight is 296 g/mol. The van der Waals surface area contributed by atoms with Crippen LogP contribution < -0.4 is 5.32 Å². The van der Waals surface area contributed by atoms with Crippen molar-refractivity contribution in [1.29, 1.82) is 0 Å². The zero-order valence-corrected chi connectivity index (χ0v) is 13.0. The van der Waals surface area contributed by atoms with Crippen molar-refractivity contribution in [3.05, 3.63) is 35.4 Å². The first kappa shape index (κ1) is 16.4. The van der Waals surface area contributed by atoms with Gasteiger partial charge in [-0.25, -0.2) is 8.78 Å². The molecule has 0 radical (unpaired) electrons. The van der Waals surface area contributed by atoms with Gasteiger partial charge in [-0.15, -0.1) is 0 Å². The van der Waals surface area contributed by atoms with Gasteiger partial charge in [-0.2, -0.15) is 0 Å². The Hall–Kier alpha value is -1.00. The highest BCUT2D eigenvalue weighted by Crippen LogP contribution is 2.21. The van der Waals surface area contributed by atoms with E-state index < -0.39 is 6.43 Å². The van der Waals surface area contributed by atoms with Crippen LogP contribution in [0, 0.1) is 5.92 Å². The molecule has 1 aliphatic heterocycles. The van der Waals surface area contributed by atoms with Gasteiger partial charge in [0.1, 0.15) is 0 Å². The quantitative estimate of drug-likeness (QED) is 0.858. The maximum absolute atomic E-state index is 12.5. The van der Waals surface area contributed by atoms with E-state index in [9.17, 15) is 8.78 Å². The number of hydrogen-bond donors (Lipinski definition) is 1. The van der Waals surface area contributed by atoms with Crippen molar-refractivity contribution in [2.45, 2.75) is 45.7 Å². The summed E-state index contributed by atoms with van der Waals surface area (Å²) in [6.07, 6.45) is 0.126. The van der Waals surface area contributed by atoms with Crippen molar-refractivity contribution in [3.63, 3.8) is 0 Å². The molecule has 1 N–H and O–H groups in total. The third-order valence-corrected chi connectivity index (χ3v) is 4.06. The number of alkyl halides is 2. The zero-order chi connectivity index (χ0) is 15.2. The summed E-state index contributed by atoms with van der Waals surface area (Å²) in [4.78, 5) is 2.44. The Labute approximate surface area is 126 Å². The zero-order valence-electron chi connectivity index (χ0n) is 13.0. The first-order chi connectivity index (χ1) is 10.0. The van der Waals surface area contributed by atoms with E-state index in [1.807, 2.05) is 12.1 Å². The summed E-state index contributed by atoms with van der Waals surface area (Å²) >= 11 is 0. The van der Waals surface area contributed by atoms with E-state index >= 15 is 0 Å². The molecular weight excluding hydrogens is 270 g/mol. The fourth-order valence-corrected chi connectivity index (χ4v) is 2.89. The topological polar surface area (TPSA) is 15.3 Å². The number of likely N-dealkylation sites (tertiary alicyclic amines) is 1. The minimum atomic E-state index is -2.37. The second kappa shape index (κ2) is 7.85. The van der Waals surface area contributed by atoms with Gasteiger partial charge in [0.15, 0.2) is 0 Å². The van der Waals surface area contributed by atoms with E-state index in [-0.39, 0.29) is 5.56 Å². The standard InChI is InChI=1S/C17H26F2N2/c1-13(2)20-10-15-4-3-9-21(12-15)11-14-5-7-16(8-6-14)17(18)19/h5-8,13,15,17,20H,3-4,9-12H2,1-2H3. The van der Waals surface area contributed by atoms with Crippen molar-refractivity contribution < 1.29 is 8.78 Å². The molecule has 0 bridgehead atoms. The molecule has 118 valence electrons. The van der Waals surface area contributed by atoms with Gasteiger partial charge in [-0.3, -0.25) is 4.90 Å². The minimum absolute atomic E-state index is 0.108. The van der Waals surface area contributed by atoms with Crippen LogP contribution in [0.5, 0.6) is 0 Å². The fraction of sp³-hybridized carbons (Fsp3) is 0.647. The smallest absolute Gasteiger partial charge is 0.263 e. The van der Waals surface area contributed by atoms with Crippen LogP contribution in [0.1, 0.15) is 44.2 Å². The highest BCUT2D eigenvalue weighted by molar-refractivity contribution is 5.23. The predicted molar refractivity (Wildman–Crippen MR) is 82.5 cm³/mol. The molecule has 2 nitrogen and oxygen atoms in total. The number of halogens is 2. The van der Waals surface area contributed by atoms with E-state index in [2.05, 4.69) is 24.1 Å². The lowest BCUT2D eigenvalue weighted by Gasteiger charge is -2.33. The minimum Gasteiger partial charge on any atom is -0.314 e. The lowest BCUT2D eigenvalue weighted by molar-refractivity contribution is 0.151. The molecule has 4 heteroatoms. The molecule has 0 aromatic heterocycles. The van der Waals surface area contributed by atoms with Gasteiger partial charge < -0.3 is 5.32 Å². The van der Waals surface area contributed by atoms with E-state index in [1.165, 1.54) is 12.8 Å². The van der Waals surface area contributed by atoms with E-state index in [4.69, 9.17) is 0 Å². The largest absolute Gasteiger partial charge is 0.314 e. The predicted octanol–water partition coefficient (Wildman–Crippen LogP) is 3.83. The monoisotopic (exact) mass is 296 g/mol. The van der Waals surface area contributed by atoms with Crippen molar-refractivity contribution in [1.82, 2.24) is 10.2 Å². The summed E-state index contributed by atoms with van der Waals surface area (Å²) < 4.78 is 25.1. The van der Waals surface area contributed by atoms with Gasteiger partial charge in [0, 0.05) is 24.7 Å². The normalized spacial score (nSPS) is 20.4. The summed E-state index contributed by atoms with van der Waals surface area (Å²) in [5.41, 5.74) is 1.23. The van der Waals surface area contributed by atoms with E-state index in [0.29, 0.717) is 12.0 Å². The first-order valence-electron chi connectivity index (χ1n) is 7.87. The molecule has 0 spiro atoms. The van der Waals surface area contributed by atoms with Crippen LogP contribution in [0.25, 0.3) is 0 Å². The third kappa shape index (κ3) is 5.36. The number of nitrogens with zero attached hydrogens (tertiary/aromatic N) is 1. The van der Waals surface area contributed by atoms with Crippen LogP contribution in [0.4, 0.5) is 8.78 Å². The van der Waals surface area contributed by atoms with Gasteiger partial charge in [-0.05, 0) is 37.4 Å². The van der Waals surface area contributed by atoms with Gasteiger partial charge in [0.05, 0.1) is 0 Å². The molecule has 2 rings (SSSR count). The highest BCUT2D eigenvalue weighted by Gasteiger charge is 2.20. The van der Waals surface area contributed by atoms with Crippen LogP contribution in [0.2, 0.25) is 0 Å². The number of benzene rings is 1. The number of hydrogen-bond acceptors (Lipinski definition) is 2. The summed E-state index contributed by atoms with van der Waals surface area (Å²) in [5.74, 6) is 0.696. The maximum Gasteiger partial charge on any atom is 0.263 e. The molecule has 1 aromatic rings. The molecule has 1 fully saturated rings. The molecule has 1 heterocycles. The highest BCUT2D eigenvalue weighted by atomic mass is 19.3. The summed E-state index contributed by atoms with van der Waals surface area (Å²) in [5, 5.41) is 3.51. The SMILES string of the molecule is CC(C)NCC1CCCN(Cc2ccc(C(F)F)cc2)C1. The molecule has 1 unspecified atom stereocenters. The van der Waals surface area contributed by atoms with Gasteiger partial charge in [0.2, 0.25) is 0 Å². The average Bonchev–Trinajstić information content (AvgIpc) is 2.46. The fourth-order valence-electron chi connectivity index (χ4n) is 2.89. The molecule has 1 aliphatic rings. The molecule has 0 amide bonds. The lowest BCUT2D eigenvalue weighted by Crippen LogP contribution is -2.40. The number of rotatable bonds is 6. The van der Waals surface area contributed by atoms with Gasteiger partial charge in [-0.1, -0.05) is 38.1 Å². The van der Waals surface area contributed by atoms with Crippen LogP contribution >= 0.6 is 0 Å². The molecular formula is C17H26F2N2. The Morgan fingerprint density at radius 3 is 2.57 bits per heavy atom. The second-order valence-corrected chi connectivity index (χ2v) is 6.35. The first-order valence-corrected chi connectivity index (χ1v) is 7.87. The van der Waals surface area contributed by atoms with Gasteiger partial charge in [0.25, 0.3) is 6.43 Å². The molecule has 21 heavy (non-hydrogen) atoms. The van der Waals surface area contributed by atoms with Crippen LogP contribution in [0.3, 0.4) is 0 Å². The lowest BCUT2D eigenvalue weighted by atomic mass is 9.97. The Balaban J connectivity index is 1.84. The molecule has 0 aliphatic carbocycles. The van der Waals surface area contributed by atoms with Crippen molar-refractivity contribution in [3.8, 4) is 0 Å². The van der Waals surface area contributed by atoms with Crippen molar-refractivity contribution >= 4 is 0 Å². The van der Waals surface area contributed by atoms with Crippen LogP contribution in [-0.4, -0.2) is 30.6 Å². The van der Waals surface area contributed by atoms with E-state index in [0.717, 1.165) is 31.7 Å². The Kier molecular flexibility index (Phi) is 6.12. The third-order valence-electron chi connectivity index (χ3n) is 4.06. The van der Waals surface area contributed by atoms with Crippen LogP contribution in [-0.2, 0) is 6.54 Å². The summed E-state index contributed by atoms with van der Waals surface area (Å²) in [7, 11) is 0. The van der Waals surface area contributed by atoms with E-state index in [1.54, 1.807) is 12.1 Å². The number of nitrogens with one attached hydrogen (secondary N) is 1. The Morgan fingerprint density at radius 2 is 1.95 bits per heavy atom. The summed E-state index contributed by atoms with van der Waals surface area (Å²) in [6, 6.07) is 7.28. The van der Waals surface area contributed by atoms with Crippen molar-refractivity contribution in [2.24, 2.45) is 5.92 Å². The Morgan fingerprint density at radius 1 is 1.24 bits per heavy atom. The Bertz CT molecular complexity index is 417. The number of piperidine rings is 1. The molecule has 1 aromatic carbocycles. The second-order valence-electron chi connectivity index (χ2n) is 6.35. The molecule has 1 saturated heterocycles. The molecule has 0 saturated carbocycles. The molecule has 1 atom stereocenters. The van der Waals surface area contributed by atoms with Crippen LogP contribution in [0.15, 0.2) is 24.3 Å². The van der Waals surface area contributed by atoms with Gasteiger partial charge >= 0.3 is 0 Å². The maximum atomic E-state index is 12.5. The summed E-state index contributed by atoms with van der Waals surface area (Å²) in [6.45, 7) is 8.47. The van der Waals surface area contributed by atoms with Crippen molar-refractivity contribution in [2.75, 3.05) is 19.6 Å².